The summed E-state index contributed by atoms with van der Waals surface area (Å²) in [5.41, 5.74) is 8.07. The molecule has 0 fully saturated rings. The van der Waals surface area contributed by atoms with Gasteiger partial charge in [-0.05, 0) is 23.3 Å². The van der Waals surface area contributed by atoms with Crippen LogP contribution in [0, 0.1) is 17.0 Å². The van der Waals surface area contributed by atoms with Gasteiger partial charge >= 0.3 is 5.88 Å². The molecule has 0 saturated heterocycles. The highest BCUT2D eigenvalue weighted by Crippen LogP contribution is 2.15. The van der Waals surface area contributed by atoms with Crippen molar-refractivity contribution in [2.45, 2.75) is 6.92 Å². The van der Waals surface area contributed by atoms with Gasteiger partial charge in [-0.25, -0.2) is 10.1 Å². The number of carbonyl (C=O) groups excluding carboxylic acids is 1. The van der Waals surface area contributed by atoms with Crippen molar-refractivity contribution in [1.82, 2.24) is 30.7 Å². The summed E-state index contributed by atoms with van der Waals surface area (Å²) in [6.07, 6.45) is 1.10. The van der Waals surface area contributed by atoms with Crippen LogP contribution in [-0.4, -0.2) is 42.4 Å². The molecule has 128 valence electrons. The minimum atomic E-state index is -0.695. The number of aromatic nitrogens is 5. The van der Waals surface area contributed by atoms with Crippen LogP contribution in [0.3, 0.4) is 0 Å². The quantitative estimate of drug-likeness (QED) is 0.354. The molecule has 0 saturated carbocycles. The molecule has 25 heavy (non-hydrogen) atoms. The van der Waals surface area contributed by atoms with Crippen molar-refractivity contribution in [3.05, 3.63) is 39.4 Å². The third-order valence-corrected chi connectivity index (χ3v) is 2.90. The van der Waals surface area contributed by atoms with Gasteiger partial charge in [0.2, 0.25) is 11.6 Å². The SMILES string of the molecule is Cc1nnn(-c2nonc2N)c1C(=O)N/N=C\c1ccc([N+](=O)[O-])o1. The van der Waals surface area contributed by atoms with E-state index in [1.165, 1.54) is 6.07 Å². The second-order valence-electron chi connectivity index (χ2n) is 4.54. The topological polar surface area (TPSA) is 193 Å². The number of nitrogens with two attached hydrogens (primary N) is 1. The molecule has 0 bridgehead atoms. The van der Waals surface area contributed by atoms with Gasteiger partial charge in [0.15, 0.2) is 11.5 Å². The third-order valence-electron chi connectivity index (χ3n) is 2.90. The van der Waals surface area contributed by atoms with Gasteiger partial charge in [-0.15, -0.1) is 5.10 Å². The van der Waals surface area contributed by atoms with Crippen molar-refractivity contribution in [3.8, 4) is 5.82 Å². The molecule has 0 aliphatic carbocycles. The highest BCUT2D eigenvalue weighted by Gasteiger charge is 2.22. The summed E-state index contributed by atoms with van der Waals surface area (Å²) >= 11 is 0. The number of anilines is 1. The number of nitrogen functional groups attached to an aromatic ring is 1. The normalized spacial score (nSPS) is 11.1. The predicted octanol–water partition coefficient (Wildman–Crippen LogP) is -0.194. The zero-order valence-corrected chi connectivity index (χ0v) is 12.5. The maximum absolute atomic E-state index is 12.3. The number of nitrogens with one attached hydrogen (secondary N) is 1. The molecule has 0 aliphatic rings. The summed E-state index contributed by atoms with van der Waals surface area (Å²) < 4.78 is 10.4. The van der Waals surface area contributed by atoms with Crippen molar-refractivity contribution in [3.63, 3.8) is 0 Å². The standard InChI is InChI=1S/C11H9N9O5/c1-5-8(19(18-14-5)10-9(12)16-25-17-10)11(21)15-13-4-6-2-3-7(24-6)20(22)23/h2-4H,1H3,(H2,12,16)(H,15,21)/b13-4-. The molecule has 0 unspecified atom stereocenters. The van der Waals surface area contributed by atoms with Crippen molar-refractivity contribution in [2.75, 3.05) is 5.73 Å². The molecular formula is C11H9N9O5. The molecular weight excluding hydrogens is 338 g/mol. The molecule has 3 heterocycles. The smallest absolute Gasteiger partial charge is 0.400 e. The number of aryl methyl sites for hydroxylation is 1. The Kier molecular flexibility index (Phi) is 3.90. The molecule has 14 nitrogen and oxygen atoms in total. The van der Waals surface area contributed by atoms with Crippen LogP contribution in [-0.2, 0) is 0 Å². The number of carbonyl (C=O) groups is 1. The first-order chi connectivity index (χ1) is 12.0. The fourth-order valence-corrected chi connectivity index (χ4v) is 1.82. The van der Waals surface area contributed by atoms with Crippen LogP contribution in [0.1, 0.15) is 21.9 Å². The summed E-state index contributed by atoms with van der Waals surface area (Å²) in [4.78, 5) is 22.1. The Morgan fingerprint density at radius 2 is 2.28 bits per heavy atom. The van der Waals surface area contributed by atoms with E-state index in [4.69, 9.17) is 10.2 Å². The third kappa shape index (κ3) is 3.03. The predicted molar refractivity (Wildman–Crippen MR) is 78.8 cm³/mol. The first-order valence-electron chi connectivity index (χ1n) is 6.55. The molecule has 3 aromatic rings. The average Bonchev–Trinajstić information content (AvgIpc) is 3.27. The molecule has 0 radical (unpaired) electrons. The number of nitrogens with zero attached hydrogens (tertiary/aromatic N) is 7. The Labute approximate surface area is 137 Å². The number of hydrazone groups is 1. The van der Waals surface area contributed by atoms with Crippen LogP contribution in [0.15, 0.2) is 26.3 Å². The van der Waals surface area contributed by atoms with E-state index in [0.717, 1.165) is 17.0 Å². The maximum atomic E-state index is 12.3. The highest BCUT2D eigenvalue weighted by atomic mass is 16.6. The number of furan rings is 1. The average molecular weight is 347 g/mol. The van der Waals surface area contributed by atoms with Crippen molar-refractivity contribution < 1.29 is 18.8 Å². The van der Waals surface area contributed by atoms with Gasteiger partial charge in [-0.3, -0.25) is 14.9 Å². The van der Waals surface area contributed by atoms with Crippen LogP contribution in [0.4, 0.5) is 11.7 Å². The fourth-order valence-electron chi connectivity index (χ4n) is 1.82. The zero-order chi connectivity index (χ0) is 18.0. The molecule has 0 aromatic carbocycles. The van der Waals surface area contributed by atoms with E-state index in [-0.39, 0.29) is 28.8 Å². The lowest BCUT2D eigenvalue weighted by atomic mass is 10.3. The van der Waals surface area contributed by atoms with Gasteiger partial charge in [0.25, 0.3) is 5.91 Å². The van der Waals surface area contributed by atoms with E-state index in [1.807, 2.05) is 0 Å². The second kappa shape index (κ2) is 6.19. The van der Waals surface area contributed by atoms with Gasteiger partial charge in [0.1, 0.15) is 4.92 Å². The number of amides is 1. The summed E-state index contributed by atoms with van der Waals surface area (Å²) in [6.45, 7) is 1.54. The van der Waals surface area contributed by atoms with E-state index in [1.54, 1.807) is 6.92 Å². The van der Waals surface area contributed by atoms with E-state index >= 15 is 0 Å². The molecule has 3 rings (SSSR count). The monoisotopic (exact) mass is 347 g/mol. The second-order valence-corrected chi connectivity index (χ2v) is 4.54. The lowest BCUT2D eigenvalue weighted by Crippen LogP contribution is -2.22. The largest absolute Gasteiger partial charge is 0.433 e. The highest BCUT2D eigenvalue weighted by molar-refractivity contribution is 5.94. The zero-order valence-electron chi connectivity index (χ0n) is 12.5. The number of hydrogen-bond acceptors (Lipinski definition) is 11. The van der Waals surface area contributed by atoms with Gasteiger partial charge in [-0.1, -0.05) is 5.21 Å². The number of hydrogen-bond donors (Lipinski definition) is 2. The Morgan fingerprint density at radius 3 is 2.92 bits per heavy atom. The number of nitro groups is 1. The Balaban J connectivity index is 1.78. The van der Waals surface area contributed by atoms with Crippen LogP contribution < -0.4 is 11.2 Å². The van der Waals surface area contributed by atoms with Crippen LogP contribution in [0.25, 0.3) is 5.82 Å². The van der Waals surface area contributed by atoms with Crippen LogP contribution >= 0.6 is 0 Å². The van der Waals surface area contributed by atoms with Gasteiger partial charge in [0.05, 0.1) is 18.0 Å². The van der Waals surface area contributed by atoms with Crippen molar-refractivity contribution in [2.24, 2.45) is 5.10 Å². The van der Waals surface area contributed by atoms with Gasteiger partial charge in [0, 0.05) is 0 Å². The summed E-state index contributed by atoms with van der Waals surface area (Å²) in [6, 6.07) is 2.49. The summed E-state index contributed by atoms with van der Waals surface area (Å²) in [5, 5.41) is 28.6. The van der Waals surface area contributed by atoms with Gasteiger partial charge in [-0.2, -0.15) is 9.78 Å². The van der Waals surface area contributed by atoms with E-state index < -0.39 is 16.7 Å². The van der Waals surface area contributed by atoms with E-state index in [9.17, 15) is 14.9 Å². The van der Waals surface area contributed by atoms with E-state index in [2.05, 4.69) is 35.8 Å². The Morgan fingerprint density at radius 1 is 1.48 bits per heavy atom. The minimum Gasteiger partial charge on any atom is -0.400 e. The molecule has 0 atom stereocenters. The molecule has 1 amide bonds. The fraction of sp³-hybridized carbons (Fsp3) is 0.0909. The minimum absolute atomic E-state index is 0.00334. The first-order valence-corrected chi connectivity index (χ1v) is 6.55. The van der Waals surface area contributed by atoms with Crippen molar-refractivity contribution in [1.29, 1.82) is 0 Å². The summed E-state index contributed by atoms with van der Waals surface area (Å²) in [5.74, 6) is -1.12. The van der Waals surface area contributed by atoms with Gasteiger partial charge < -0.3 is 10.2 Å². The van der Waals surface area contributed by atoms with Crippen LogP contribution in [0.5, 0.6) is 0 Å². The maximum Gasteiger partial charge on any atom is 0.433 e. The van der Waals surface area contributed by atoms with Crippen LogP contribution in [0.2, 0.25) is 0 Å². The molecule has 3 aromatic heterocycles. The lowest BCUT2D eigenvalue weighted by molar-refractivity contribution is -0.402. The Hall–Kier alpha value is -4.10. The van der Waals surface area contributed by atoms with Crippen molar-refractivity contribution >= 4 is 23.8 Å². The molecule has 0 spiro atoms. The van der Waals surface area contributed by atoms with E-state index in [0.29, 0.717) is 0 Å². The molecule has 0 aliphatic heterocycles. The summed E-state index contributed by atoms with van der Waals surface area (Å²) in [7, 11) is 0. The molecule has 14 heteroatoms. The number of rotatable bonds is 5. The molecule has 3 N–H and O–H groups in total. The first kappa shape index (κ1) is 15.8. The Bertz CT molecular complexity index is 968. The lowest BCUT2D eigenvalue weighted by Gasteiger charge is -2.02.